The van der Waals surface area contributed by atoms with Gasteiger partial charge in [0.2, 0.25) is 0 Å². The van der Waals surface area contributed by atoms with Crippen molar-refractivity contribution in [2.75, 3.05) is 0 Å². The maximum atomic E-state index is 10.8. The molecule has 2 atom stereocenters. The molecule has 0 aliphatic carbocycles. The minimum Gasteiger partial charge on any atom is -0.748 e. The van der Waals surface area contributed by atoms with E-state index in [-0.39, 0.29) is 57.5 Å². The van der Waals surface area contributed by atoms with E-state index in [1.165, 1.54) is 90.4 Å². The Morgan fingerprint density at radius 3 is 1.27 bits per heavy atom. The number of hydrogen-bond donors (Lipinski definition) is 1. The molecule has 0 aromatic carbocycles. The van der Waals surface area contributed by atoms with Crippen LogP contribution >= 0.6 is 0 Å². The number of unbranched alkanes of at least 4 members (excludes halogenated alkanes) is 15. The maximum absolute atomic E-state index is 10.8. The molecular formula is C24H49KO4S. The largest absolute Gasteiger partial charge is 1.00 e. The molecule has 30 heavy (non-hydrogen) atoms. The summed E-state index contributed by atoms with van der Waals surface area (Å²) in [5.41, 5.74) is 0. The summed E-state index contributed by atoms with van der Waals surface area (Å²) in [5, 5.41) is 9.33. The summed E-state index contributed by atoms with van der Waals surface area (Å²) in [6.45, 7) is 3.76. The van der Waals surface area contributed by atoms with Crippen LogP contribution in [0.25, 0.3) is 0 Å². The first-order valence-corrected chi connectivity index (χ1v) is 14.0. The fourth-order valence-corrected chi connectivity index (χ4v) is 4.31. The molecule has 1 N–H and O–H groups in total. The van der Waals surface area contributed by atoms with E-state index in [4.69, 9.17) is 0 Å². The Labute approximate surface area is 230 Å². The van der Waals surface area contributed by atoms with Gasteiger partial charge in [-0.1, -0.05) is 116 Å². The summed E-state index contributed by atoms with van der Waals surface area (Å²) in [6.07, 6.45) is 23.1. The Kier molecular flexibility index (Phi) is 26.6. The van der Waals surface area contributed by atoms with Crippen LogP contribution in [0.2, 0.25) is 0 Å². The van der Waals surface area contributed by atoms with Crippen molar-refractivity contribution in [3.63, 3.8) is 0 Å². The molecule has 0 saturated carbocycles. The van der Waals surface area contributed by atoms with Gasteiger partial charge in [0, 0.05) is 5.25 Å². The molecular weight excluding hydrogens is 423 g/mol. The second-order valence-electron chi connectivity index (χ2n) is 8.98. The van der Waals surface area contributed by atoms with Gasteiger partial charge in [0.1, 0.15) is 0 Å². The predicted molar refractivity (Wildman–Crippen MR) is 123 cm³/mol. The van der Waals surface area contributed by atoms with E-state index >= 15 is 0 Å². The van der Waals surface area contributed by atoms with Gasteiger partial charge in [-0.2, -0.15) is 0 Å². The van der Waals surface area contributed by atoms with E-state index in [0.717, 1.165) is 38.5 Å². The molecule has 0 aromatic rings. The van der Waals surface area contributed by atoms with Crippen molar-refractivity contribution >= 4 is 10.1 Å². The van der Waals surface area contributed by atoms with E-state index in [9.17, 15) is 18.1 Å². The first-order chi connectivity index (χ1) is 13.9. The van der Waals surface area contributed by atoms with Crippen molar-refractivity contribution in [2.45, 2.75) is 154 Å². The van der Waals surface area contributed by atoms with Crippen molar-refractivity contribution in [3.8, 4) is 0 Å². The Morgan fingerprint density at radius 1 is 0.633 bits per heavy atom. The van der Waals surface area contributed by atoms with Crippen molar-refractivity contribution in [2.24, 2.45) is 0 Å². The summed E-state index contributed by atoms with van der Waals surface area (Å²) in [5.74, 6) is 0. The van der Waals surface area contributed by atoms with Gasteiger partial charge in [-0.05, 0) is 26.2 Å². The third-order valence-corrected chi connectivity index (χ3v) is 7.25. The standard InChI is InChI=1S/C24H50O4S.K/c1-3-4-5-6-7-12-15-18-21-24(25)22-19-16-13-10-8-9-11-14-17-20-23(2)29(26,27)28;/h23-25H,3-22H2,1-2H3,(H,26,27,28);/q;+1/p-1. The van der Waals surface area contributed by atoms with Crippen LogP contribution < -0.4 is 51.4 Å². The molecule has 0 radical (unpaired) electrons. The Hall–Kier alpha value is 1.51. The molecule has 176 valence electrons. The fourth-order valence-electron chi connectivity index (χ4n) is 3.85. The molecule has 0 spiro atoms. The second kappa shape index (κ2) is 23.7. The fraction of sp³-hybridized carbons (Fsp3) is 1.00. The monoisotopic (exact) mass is 472 g/mol. The quantitative estimate of drug-likeness (QED) is 0.146. The number of aliphatic hydroxyl groups excluding tert-OH is 1. The number of rotatable bonds is 22. The van der Waals surface area contributed by atoms with Gasteiger partial charge < -0.3 is 9.66 Å². The van der Waals surface area contributed by atoms with Gasteiger partial charge in [0.05, 0.1) is 16.2 Å². The van der Waals surface area contributed by atoms with Gasteiger partial charge in [0.25, 0.3) is 0 Å². The smallest absolute Gasteiger partial charge is 0.748 e. The zero-order chi connectivity index (χ0) is 21.8. The predicted octanol–water partition coefficient (Wildman–Crippen LogP) is 4.11. The van der Waals surface area contributed by atoms with Gasteiger partial charge >= 0.3 is 51.4 Å². The van der Waals surface area contributed by atoms with E-state index in [1.807, 2.05) is 0 Å². The third kappa shape index (κ3) is 24.2. The van der Waals surface area contributed by atoms with E-state index in [0.29, 0.717) is 6.42 Å². The van der Waals surface area contributed by atoms with Crippen molar-refractivity contribution in [3.05, 3.63) is 0 Å². The van der Waals surface area contributed by atoms with Crippen LogP contribution in [0, 0.1) is 0 Å². The van der Waals surface area contributed by atoms with Crippen LogP contribution in [0.15, 0.2) is 0 Å². The molecule has 0 rings (SSSR count). The molecule has 0 fully saturated rings. The van der Waals surface area contributed by atoms with Crippen LogP contribution in [-0.2, 0) is 10.1 Å². The zero-order valence-electron chi connectivity index (χ0n) is 20.4. The second-order valence-corrected chi connectivity index (χ2v) is 10.8. The maximum Gasteiger partial charge on any atom is 1.00 e. The SMILES string of the molecule is CCCCCCCCCCC(O)CCCCCCCCCCCC(C)S(=O)(=O)[O-].[K+]. The summed E-state index contributed by atoms with van der Waals surface area (Å²) < 4.78 is 32.4. The molecule has 0 aliphatic heterocycles. The Balaban J connectivity index is 0. The zero-order valence-corrected chi connectivity index (χ0v) is 24.3. The minimum absolute atomic E-state index is 0. The van der Waals surface area contributed by atoms with Crippen molar-refractivity contribution in [1.82, 2.24) is 0 Å². The van der Waals surface area contributed by atoms with E-state index < -0.39 is 15.4 Å². The Bertz CT molecular complexity index is 442. The first-order valence-electron chi connectivity index (χ1n) is 12.5. The van der Waals surface area contributed by atoms with Gasteiger partial charge in [-0.15, -0.1) is 0 Å². The number of hydrogen-bond acceptors (Lipinski definition) is 4. The van der Waals surface area contributed by atoms with Crippen LogP contribution in [-0.4, -0.2) is 29.4 Å². The first kappa shape index (κ1) is 33.7. The molecule has 0 heterocycles. The summed E-state index contributed by atoms with van der Waals surface area (Å²) >= 11 is 0. The Morgan fingerprint density at radius 2 is 0.933 bits per heavy atom. The third-order valence-electron chi connectivity index (χ3n) is 6.03. The normalized spacial score (nSPS) is 13.7. The summed E-state index contributed by atoms with van der Waals surface area (Å²) in [6, 6.07) is 0. The van der Waals surface area contributed by atoms with Crippen molar-refractivity contribution in [1.29, 1.82) is 0 Å². The summed E-state index contributed by atoms with van der Waals surface area (Å²) in [7, 11) is -4.10. The molecule has 4 nitrogen and oxygen atoms in total. The molecule has 0 amide bonds. The molecule has 0 aromatic heterocycles. The average Bonchev–Trinajstić information content (AvgIpc) is 2.67. The van der Waals surface area contributed by atoms with Crippen molar-refractivity contribution < 1.29 is 69.5 Å². The minimum atomic E-state index is -4.10. The van der Waals surface area contributed by atoms with Crippen LogP contribution in [0.3, 0.4) is 0 Å². The molecule has 0 saturated heterocycles. The van der Waals surface area contributed by atoms with Gasteiger partial charge in [0.15, 0.2) is 0 Å². The average molecular weight is 473 g/mol. The molecule has 0 bridgehead atoms. The molecule has 2 unspecified atom stereocenters. The van der Waals surface area contributed by atoms with Gasteiger partial charge in [-0.25, -0.2) is 8.42 Å². The topological polar surface area (TPSA) is 77.4 Å². The number of aliphatic hydroxyl groups is 1. The van der Waals surface area contributed by atoms with Gasteiger partial charge in [-0.3, -0.25) is 0 Å². The van der Waals surface area contributed by atoms with Crippen LogP contribution in [0.5, 0.6) is 0 Å². The van der Waals surface area contributed by atoms with Crippen LogP contribution in [0.4, 0.5) is 0 Å². The molecule has 6 heteroatoms. The molecule has 0 aliphatic rings. The summed E-state index contributed by atoms with van der Waals surface area (Å²) in [4.78, 5) is 0. The van der Waals surface area contributed by atoms with Crippen LogP contribution in [0.1, 0.15) is 142 Å². The van der Waals surface area contributed by atoms with E-state index in [1.54, 1.807) is 0 Å². The van der Waals surface area contributed by atoms with E-state index in [2.05, 4.69) is 6.92 Å².